The van der Waals surface area contributed by atoms with E-state index in [1.807, 2.05) is 69.2 Å². The molecule has 6 unspecified atom stereocenters. The van der Waals surface area contributed by atoms with Crippen molar-refractivity contribution in [3.05, 3.63) is 0 Å². The molecule has 0 aliphatic heterocycles. The second-order valence-electron chi connectivity index (χ2n) is 39.5. The standard InChI is InChI=1S/C35H68N4O4.C30H60N4O3.C20H40N2O2.C14H30N2O.3CH4/c1-26(2)17-9-11-21-33(41)37-24-16-14-20-31(39-34(42)22-12-10-18-27(3)4)32(40)25-30(35(43)38-29(7)8)19-13-15-23-36-28(5)6;1-22(2)15-9-10-18-29(36)32-20-14-12-17-27(33-24(5)6)28(35)21-26(30(37)34-25(7)8)16-11-13-19-31-23(3)4;1-15(2)11-7-8-13-19(23)21-14-10-9-12-18(22-17(5)6)20(24)16(3)4;1-10(2)14(17)13(16-12(5)6)8-7-9-15-11(3)4;;;/h26-31,36H,9-25H2,1-8H3,(H,37,41)(H,38,43)(H,39,42);22-27,31,33H,9-21H2,1-8H3,(H,32,36)(H,34,37);15-18,22H,7-14H2,1-6H3,(H,21,23);10-13,15-16H,7-9H2,1-6H3;3*1H4. The summed E-state index contributed by atoms with van der Waals surface area (Å²) in [7, 11) is 0. The number of nitrogens with one attached hydrogen (secondary N) is 12. The van der Waals surface area contributed by atoms with Crippen LogP contribution in [0, 0.1) is 47.3 Å². The second kappa shape index (κ2) is 85.1. The number of carbonyl (C=O) groups is 10. The third kappa shape index (κ3) is 87.9. The first kappa shape index (κ1) is 132. The van der Waals surface area contributed by atoms with Gasteiger partial charge in [0.25, 0.3) is 0 Å². The van der Waals surface area contributed by atoms with Gasteiger partial charge in [-0.1, -0.05) is 253 Å². The number of amides is 6. The molecule has 0 fully saturated rings. The lowest BCUT2D eigenvalue weighted by Crippen LogP contribution is -2.43. The Morgan fingerprint density at radius 3 is 0.742 bits per heavy atom. The second-order valence-corrected chi connectivity index (χ2v) is 39.5. The number of hydrogen-bond acceptors (Lipinski definition) is 16. The van der Waals surface area contributed by atoms with Crippen molar-refractivity contribution in [1.82, 2.24) is 63.8 Å². The molecule has 22 nitrogen and oxygen atoms in total. The first-order valence-corrected chi connectivity index (χ1v) is 49.1. The number of hydrogen-bond donors (Lipinski definition) is 12. The molecular weight excluding hydrogens is 1550 g/mol. The largest absolute Gasteiger partial charge is 0.356 e. The number of unbranched alkanes of at least 4 members (excludes halogenated alkanes) is 9. The fourth-order valence-corrected chi connectivity index (χ4v) is 14.0. The van der Waals surface area contributed by atoms with Gasteiger partial charge in [-0.25, -0.2) is 0 Å². The van der Waals surface area contributed by atoms with Gasteiger partial charge in [-0.2, -0.15) is 0 Å². The Labute approximate surface area is 766 Å². The number of carbonyl (C=O) groups excluding carboxylic acids is 10. The molecule has 0 aromatic rings. The van der Waals surface area contributed by atoms with E-state index in [1.165, 1.54) is 12.8 Å². The Hall–Kier alpha value is -4.74. The van der Waals surface area contributed by atoms with Crippen molar-refractivity contribution in [1.29, 1.82) is 0 Å². The maximum atomic E-state index is 13.6. The van der Waals surface area contributed by atoms with Gasteiger partial charge in [0, 0.05) is 130 Å². The van der Waals surface area contributed by atoms with E-state index in [0.29, 0.717) is 124 Å². The van der Waals surface area contributed by atoms with Crippen molar-refractivity contribution < 1.29 is 47.9 Å². The monoisotopic (exact) mass is 1760 g/mol. The van der Waals surface area contributed by atoms with E-state index in [-0.39, 0.29) is 142 Å². The Morgan fingerprint density at radius 1 is 0.218 bits per heavy atom. The van der Waals surface area contributed by atoms with Crippen LogP contribution < -0.4 is 63.8 Å². The molecule has 0 saturated heterocycles. The maximum Gasteiger partial charge on any atom is 0.223 e. The van der Waals surface area contributed by atoms with Gasteiger partial charge >= 0.3 is 0 Å². The van der Waals surface area contributed by atoms with E-state index >= 15 is 0 Å². The van der Waals surface area contributed by atoms with E-state index in [2.05, 4.69) is 188 Å². The van der Waals surface area contributed by atoms with Crippen LogP contribution in [0.15, 0.2) is 0 Å². The van der Waals surface area contributed by atoms with Gasteiger partial charge in [0.1, 0.15) is 0 Å². The summed E-state index contributed by atoms with van der Waals surface area (Å²) in [5.41, 5.74) is 0. The van der Waals surface area contributed by atoms with Crippen molar-refractivity contribution in [2.75, 3.05) is 39.3 Å². The lowest BCUT2D eigenvalue weighted by molar-refractivity contribution is -0.132. The lowest BCUT2D eigenvalue weighted by atomic mass is 9.90. The summed E-state index contributed by atoms with van der Waals surface area (Å²) >= 11 is 0. The van der Waals surface area contributed by atoms with Crippen LogP contribution in [0.4, 0.5) is 0 Å². The van der Waals surface area contributed by atoms with E-state index in [0.717, 1.165) is 174 Å². The number of ketones is 4. The molecule has 0 aromatic heterocycles. The molecular formula is C102H210N12O10. The van der Waals surface area contributed by atoms with Crippen molar-refractivity contribution >= 4 is 58.6 Å². The average Bonchev–Trinajstić information content (AvgIpc) is 0.878. The fourth-order valence-electron chi connectivity index (χ4n) is 14.0. The van der Waals surface area contributed by atoms with E-state index in [9.17, 15) is 47.9 Å². The summed E-state index contributed by atoms with van der Waals surface area (Å²) < 4.78 is 0. The van der Waals surface area contributed by atoms with Crippen LogP contribution in [-0.4, -0.2) is 170 Å². The van der Waals surface area contributed by atoms with Crippen LogP contribution in [0.25, 0.3) is 0 Å². The molecule has 6 amide bonds. The first-order valence-electron chi connectivity index (χ1n) is 49.1. The van der Waals surface area contributed by atoms with Gasteiger partial charge in [-0.05, 0) is 193 Å². The molecule has 0 aliphatic rings. The van der Waals surface area contributed by atoms with Crippen molar-refractivity contribution in [2.24, 2.45) is 47.3 Å². The van der Waals surface area contributed by atoms with Crippen LogP contribution in [0.5, 0.6) is 0 Å². The van der Waals surface area contributed by atoms with Crippen molar-refractivity contribution in [3.8, 4) is 0 Å². The highest BCUT2D eigenvalue weighted by Crippen LogP contribution is 2.21. The minimum absolute atomic E-state index is 0. The minimum atomic E-state index is -0.610. The van der Waals surface area contributed by atoms with Crippen LogP contribution in [0.2, 0.25) is 0 Å². The fraction of sp³-hybridized carbons (Fsp3) is 0.902. The topological polar surface area (TPSA) is 315 Å². The quantitative estimate of drug-likeness (QED) is 0.0252. The Kier molecular flexibility index (Phi) is 90.8. The molecule has 0 radical (unpaired) electrons. The molecule has 0 spiro atoms. The SMILES string of the molecule is C.C.C.CC(C)CCCCC(=O)NCCCCC(NC(=O)CCCCC(C)C)C(=O)CC(CCCCNC(C)C)C(=O)NC(C)C.CC(C)CCCCC(=O)NCCCCC(NC(C)C)C(=O)C(C)C.CC(C)CCCCC(=O)NCCCCC(NC(C)C)C(=O)CC(CCCCNC(C)C)C(=O)NC(C)C.CC(C)NCCCC(NC(C)C)C(=O)C(C)C. The first-order chi connectivity index (χ1) is 56.8. The summed E-state index contributed by atoms with van der Waals surface area (Å²) in [6, 6.07) is 1.39. The van der Waals surface area contributed by atoms with Crippen molar-refractivity contribution in [2.45, 2.75) is 513 Å². The third-order valence-electron chi connectivity index (χ3n) is 20.8. The number of Topliss-reactive ketones (excluding diaryl/α,β-unsaturated/α-hetero) is 4. The van der Waals surface area contributed by atoms with E-state index < -0.39 is 12.0 Å². The van der Waals surface area contributed by atoms with Gasteiger partial charge < -0.3 is 63.8 Å². The molecule has 22 heteroatoms. The van der Waals surface area contributed by atoms with E-state index in [1.54, 1.807) is 0 Å². The zero-order chi connectivity index (χ0) is 92.8. The average molecular weight is 1760 g/mol. The van der Waals surface area contributed by atoms with Crippen LogP contribution in [-0.2, 0) is 47.9 Å². The van der Waals surface area contributed by atoms with Crippen LogP contribution >= 0.6 is 0 Å². The molecule has 0 rings (SSSR count). The lowest BCUT2D eigenvalue weighted by Gasteiger charge is -2.24. The van der Waals surface area contributed by atoms with Gasteiger partial charge in [0.05, 0.1) is 24.2 Å². The zero-order valence-corrected chi connectivity index (χ0v) is 83.6. The molecule has 0 aliphatic carbocycles. The summed E-state index contributed by atoms with van der Waals surface area (Å²) in [6.07, 6.45) is 29.2. The summed E-state index contributed by atoms with van der Waals surface area (Å²) in [6.45, 7) is 63.1. The smallest absolute Gasteiger partial charge is 0.223 e. The van der Waals surface area contributed by atoms with Crippen LogP contribution in [0.3, 0.4) is 0 Å². The maximum absolute atomic E-state index is 13.6. The van der Waals surface area contributed by atoms with Gasteiger partial charge in [0.15, 0.2) is 23.1 Å². The molecule has 738 valence electrons. The molecule has 124 heavy (non-hydrogen) atoms. The Balaban J connectivity index is -0.000000307. The number of rotatable bonds is 73. The zero-order valence-electron chi connectivity index (χ0n) is 83.6. The Bertz CT molecular complexity index is 2610. The molecule has 0 saturated carbocycles. The van der Waals surface area contributed by atoms with Crippen molar-refractivity contribution in [3.63, 3.8) is 0 Å². The van der Waals surface area contributed by atoms with Gasteiger partial charge in [-0.15, -0.1) is 0 Å². The Morgan fingerprint density at radius 2 is 0.460 bits per heavy atom. The highest BCUT2D eigenvalue weighted by molar-refractivity contribution is 5.93. The normalized spacial score (nSPS) is 12.9. The summed E-state index contributed by atoms with van der Waals surface area (Å²) in [4.78, 5) is 126. The van der Waals surface area contributed by atoms with Gasteiger partial charge in [-0.3, -0.25) is 47.9 Å². The third-order valence-corrected chi connectivity index (χ3v) is 20.8. The molecule has 0 bridgehead atoms. The predicted molar refractivity (Wildman–Crippen MR) is 531 cm³/mol. The molecule has 0 heterocycles. The molecule has 0 aromatic carbocycles. The van der Waals surface area contributed by atoms with E-state index in [4.69, 9.17) is 0 Å². The summed E-state index contributed by atoms with van der Waals surface area (Å²) in [5, 5.41) is 38.4. The predicted octanol–water partition coefficient (Wildman–Crippen LogP) is 19.9. The minimum Gasteiger partial charge on any atom is -0.356 e. The molecule has 12 N–H and O–H groups in total. The van der Waals surface area contributed by atoms with Crippen LogP contribution in [0.1, 0.15) is 441 Å². The molecule has 6 atom stereocenters. The summed E-state index contributed by atoms with van der Waals surface area (Å²) in [5.74, 6) is 2.97. The highest BCUT2D eigenvalue weighted by Gasteiger charge is 2.30. The highest BCUT2D eigenvalue weighted by atomic mass is 16.2. The van der Waals surface area contributed by atoms with Gasteiger partial charge in [0.2, 0.25) is 35.4 Å².